The molecule has 2 aliphatic carbocycles. The predicted octanol–water partition coefficient (Wildman–Crippen LogP) is 20.4. The van der Waals surface area contributed by atoms with Crippen LogP contribution in [0.2, 0.25) is 0 Å². The Bertz CT molecular complexity index is 4350. The summed E-state index contributed by atoms with van der Waals surface area (Å²) in [4.78, 5) is 4.66. The van der Waals surface area contributed by atoms with Crippen LogP contribution in [0.5, 0.6) is 0 Å². The van der Waals surface area contributed by atoms with Crippen LogP contribution in [-0.2, 0) is 16.2 Å². The van der Waals surface area contributed by atoms with Crippen LogP contribution in [-0.4, -0.2) is 0 Å². The molecule has 0 bridgehead atoms. The molecule has 5 heteroatoms. The Morgan fingerprint density at radius 3 is 1.44 bits per heavy atom. The van der Waals surface area contributed by atoms with Crippen LogP contribution in [0.1, 0.15) is 74.9 Å². The monoisotopic (exact) mass is 1050 g/mol. The summed E-state index contributed by atoms with van der Waals surface area (Å²) >= 11 is 0. The van der Waals surface area contributed by atoms with Gasteiger partial charge in [0.05, 0.1) is 16.5 Å². The van der Waals surface area contributed by atoms with Gasteiger partial charge < -0.3 is 14.2 Å². The van der Waals surface area contributed by atoms with Gasteiger partial charge in [0, 0.05) is 45.0 Å². The number of hydrogen-bond acceptors (Lipinski definition) is 3. The zero-order chi connectivity index (χ0) is 54.7. The SMILES string of the molecule is CC(C)(C)c1ccc(N(c2ccc(-c3ccccc3)c(F)c2)c2ccc3c(c2)C2(c4ccccc4-c4ccccc42)c2c-3cc(N(c3ccc(C(C)(C)C)cc3)c3ccc(-c4ccccc4)c(P)c3)c3c2oc2ccccc23)cc1. The minimum Gasteiger partial charge on any atom is -0.456 e. The molecule has 11 aromatic carbocycles. The summed E-state index contributed by atoms with van der Waals surface area (Å²) in [5.74, 6) is -0.283. The summed E-state index contributed by atoms with van der Waals surface area (Å²) in [6.45, 7) is 13.5. The third kappa shape index (κ3) is 7.79. The maximum absolute atomic E-state index is 16.9. The van der Waals surface area contributed by atoms with Gasteiger partial charge in [0.15, 0.2) is 0 Å². The fraction of sp³-hybridized carbons (Fsp3) is 0.120. The molecule has 0 amide bonds. The molecule has 0 saturated heterocycles. The van der Waals surface area contributed by atoms with Crippen molar-refractivity contribution in [3.05, 3.63) is 282 Å². The molecule has 0 fully saturated rings. The number of benzene rings is 11. The third-order valence-electron chi connectivity index (χ3n) is 16.8. The Morgan fingerprint density at radius 1 is 0.400 bits per heavy atom. The van der Waals surface area contributed by atoms with Gasteiger partial charge in [-0.25, -0.2) is 4.39 Å². The molecule has 1 heterocycles. The van der Waals surface area contributed by atoms with Crippen molar-refractivity contribution in [2.75, 3.05) is 9.80 Å². The van der Waals surface area contributed by atoms with Crippen LogP contribution in [0.15, 0.2) is 247 Å². The number of halogens is 1. The Morgan fingerprint density at radius 2 is 0.863 bits per heavy atom. The number of para-hydroxylation sites is 1. The zero-order valence-electron chi connectivity index (χ0n) is 45.9. The third-order valence-corrected chi connectivity index (χ3v) is 17.3. The fourth-order valence-corrected chi connectivity index (χ4v) is 13.4. The van der Waals surface area contributed by atoms with Crippen molar-refractivity contribution >= 4 is 70.6 Å². The summed E-state index contributed by atoms with van der Waals surface area (Å²) in [5.41, 5.74) is 21.9. The van der Waals surface area contributed by atoms with E-state index in [1.54, 1.807) is 6.07 Å². The van der Waals surface area contributed by atoms with E-state index in [1.165, 1.54) is 38.9 Å². The highest BCUT2D eigenvalue weighted by Crippen LogP contribution is 2.66. The Hall–Kier alpha value is -8.82. The molecule has 0 radical (unpaired) electrons. The lowest BCUT2D eigenvalue weighted by Crippen LogP contribution is -2.26. The highest BCUT2D eigenvalue weighted by molar-refractivity contribution is 7.28. The Kier molecular flexibility index (Phi) is 11.5. The predicted molar refractivity (Wildman–Crippen MR) is 337 cm³/mol. The lowest BCUT2D eigenvalue weighted by atomic mass is 9.70. The molecule has 3 nitrogen and oxygen atoms in total. The molecular weight excluding hydrogens is 995 g/mol. The van der Waals surface area contributed by atoms with Gasteiger partial charge in [-0.05, 0) is 162 Å². The van der Waals surface area contributed by atoms with E-state index >= 15 is 4.39 Å². The lowest BCUT2D eigenvalue weighted by Gasteiger charge is -2.33. The van der Waals surface area contributed by atoms with Crippen molar-refractivity contribution in [3.63, 3.8) is 0 Å². The van der Waals surface area contributed by atoms with Gasteiger partial charge >= 0.3 is 0 Å². The van der Waals surface area contributed by atoms with E-state index in [0.29, 0.717) is 5.56 Å². The molecule has 0 N–H and O–H groups in total. The average molecular weight is 1060 g/mol. The van der Waals surface area contributed by atoms with Crippen LogP contribution >= 0.6 is 9.24 Å². The summed E-state index contributed by atoms with van der Waals surface area (Å²) in [7, 11) is 3.04. The average Bonchev–Trinajstić information content (AvgIpc) is 4.24. The maximum atomic E-state index is 16.9. The smallest absolute Gasteiger partial charge is 0.142 e. The normalized spacial score (nSPS) is 13.1. The summed E-state index contributed by atoms with van der Waals surface area (Å²) < 4.78 is 24.4. The van der Waals surface area contributed by atoms with Crippen LogP contribution in [0.4, 0.5) is 38.5 Å². The highest BCUT2D eigenvalue weighted by Gasteiger charge is 2.54. The number of anilines is 6. The second kappa shape index (κ2) is 18.7. The first-order valence-corrected chi connectivity index (χ1v) is 28.3. The first-order chi connectivity index (χ1) is 38.8. The number of furan rings is 1. The van der Waals surface area contributed by atoms with Crippen molar-refractivity contribution in [1.29, 1.82) is 0 Å². The van der Waals surface area contributed by atoms with Crippen molar-refractivity contribution < 1.29 is 8.81 Å². The van der Waals surface area contributed by atoms with Crippen molar-refractivity contribution in [1.82, 2.24) is 0 Å². The van der Waals surface area contributed by atoms with Crippen LogP contribution in [0.25, 0.3) is 66.4 Å². The van der Waals surface area contributed by atoms with E-state index in [4.69, 9.17) is 4.42 Å². The van der Waals surface area contributed by atoms with Gasteiger partial charge in [0.25, 0.3) is 0 Å². The molecule has 0 aliphatic heterocycles. The van der Waals surface area contributed by atoms with E-state index in [-0.39, 0.29) is 16.6 Å². The van der Waals surface area contributed by atoms with Crippen LogP contribution in [0, 0.1) is 5.82 Å². The quantitative estimate of drug-likeness (QED) is 0.141. The molecule has 14 rings (SSSR count). The standard InChI is InChI=1S/C75H60FN2OP/c1-73(2,3)49-29-33-51(34-30-49)77(54-37-40-56(66(76)44-54)47-19-9-7-10-20-47)53-39-42-60-62-46-67(78(52-35-31-50(32-36-52)74(4,5)6)55-38-41-57(69(80)45-55)48-21-11-8-12-22-48)70-61-25-15-18-28-68(61)79-72(70)71(62)75(65(60)43-53)63-26-16-13-23-58(63)59-24-14-17-27-64(59)75/h7-46H,80H2,1-6H3. The molecule has 0 saturated carbocycles. The van der Waals surface area contributed by atoms with Crippen LogP contribution < -0.4 is 15.1 Å². The molecule has 12 aromatic rings. The minimum atomic E-state index is -0.813. The van der Waals surface area contributed by atoms with Gasteiger partial charge in [-0.15, -0.1) is 9.24 Å². The van der Waals surface area contributed by atoms with Gasteiger partial charge in [0.2, 0.25) is 0 Å². The van der Waals surface area contributed by atoms with Crippen molar-refractivity contribution in [2.45, 2.75) is 57.8 Å². The molecule has 1 aromatic heterocycles. The summed E-state index contributed by atoms with van der Waals surface area (Å²) in [5, 5.41) is 3.18. The number of nitrogens with zero attached hydrogens (tertiary/aromatic N) is 2. The van der Waals surface area contributed by atoms with E-state index in [9.17, 15) is 0 Å². The Labute approximate surface area is 470 Å². The molecule has 1 unspecified atom stereocenters. The van der Waals surface area contributed by atoms with E-state index in [2.05, 4.69) is 261 Å². The Balaban J connectivity index is 1.07. The number of rotatable bonds is 8. The summed E-state index contributed by atoms with van der Waals surface area (Å²) in [6, 6.07) is 86.5. The topological polar surface area (TPSA) is 19.6 Å². The first kappa shape index (κ1) is 49.5. The highest BCUT2D eigenvalue weighted by atomic mass is 31.0. The lowest BCUT2D eigenvalue weighted by molar-refractivity contribution is 0.590. The largest absolute Gasteiger partial charge is 0.456 e. The van der Waals surface area contributed by atoms with Crippen molar-refractivity contribution in [2.24, 2.45) is 0 Å². The minimum absolute atomic E-state index is 0.0362. The van der Waals surface area contributed by atoms with Gasteiger partial charge in [0.1, 0.15) is 17.0 Å². The molecule has 1 atom stereocenters. The second-order valence-electron chi connectivity index (χ2n) is 23.6. The summed E-state index contributed by atoms with van der Waals surface area (Å²) in [6.07, 6.45) is 0. The number of fused-ring (bicyclic) bond motifs is 14. The van der Waals surface area contributed by atoms with E-state index in [0.717, 1.165) is 94.7 Å². The molecule has 2 aliphatic rings. The van der Waals surface area contributed by atoms with Crippen molar-refractivity contribution in [3.8, 4) is 44.5 Å². The molecule has 80 heavy (non-hydrogen) atoms. The number of hydrogen-bond donors (Lipinski definition) is 0. The van der Waals surface area contributed by atoms with E-state index in [1.807, 2.05) is 36.4 Å². The van der Waals surface area contributed by atoms with E-state index < -0.39 is 5.41 Å². The fourth-order valence-electron chi connectivity index (χ4n) is 12.9. The van der Waals surface area contributed by atoms with Gasteiger partial charge in [-0.3, -0.25) is 0 Å². The first-order valence-electron chi connectivity index (χ1n) is 27.7. The maximum Gasteiger partial charge on any atom is 0.142 e. The van der Waals surface area contributed by atoms with Crippen LogP contribution in [0.3, 0.4) is 0 Å². The van der Waals surface area contributed by atoms with Gasteiger partial charge in [-0.2, -0.15) is 0 Å². The van der Waals surface area contributed by atoms with Gasteiger partial charge in [-0.1, -0.05) is 205 Å². The zero-order valence-corrected chi connectivity index (χ0v) is 47.0. The molecule has 1 spiro atoms. The second-order valence-corrected chi connectivity index (χ2v) is 24.2. The molecular formula is C75H60FN2OP. The molecule has 388 valence electrons.